The number of nitrogens with zero attached hydrogens (tertiary/aromatic N) is 1. The summed E-state index contributed by atoms with van der Waals surface area (Å²) in [6.07, 6.45) is -4.41. The number of hydrogen-bond donors (Lipinski definition) is 2. The highest BCUT2D eigenvalue weighted by molar-refractivity contribution is 6.06. The molecule has 0 amide bonds. The lowest BCUT2D eigenvalue weighted by Gasteiger charge is -2.12. The molecule has 1 aliphatic rings. The van der Waals surface area contributed by atoms with Crippen LogP contribution in [0.3, 0.4) is 0 Å². The van der Waals surface area contributed by atoms with Crippen molar-refractivity contribution in [2.75, 3.05) is 5.32 Å². The summed E-state index contributed by atoms with van der Waals surface area (Å²) in [5.41, 5.74) is 7.11. The molecule has 3 N–H and O–H groups in total. The van der Waals surface area contributed by atoms with Gasteiger partial charge in [-0.3, -0.25) is 0 Å². The van der Waals surface area contributed by atoms with Crippen LogP contribution in [0.25, 0.3) is 0 Å². The first-order valence-electron chi connectivity index (χ1n) is 5.87. The van der Waals surface area contributed by atoms with E-state index in [2.05, 4.69) is 10.3 Å². The van der Waals surface area contributed by atoms with E-state index in [0.29, 0.717) is 17.1 Å². The second kappa shape index (κ2) is 5.29. The van der Waals surface area contributed by atoms with Crippen molar-refractivity contribution < 1.29 is 13.2 Å². The van der Waals surface area contributed by atoms with Crippen LogP contribution < -0.4 is 11.1 Å². The number of halogens is 4. The molecule has 1 aliphatic heterocycles. The first kappa shape index (κ1) is 15.2. The van der Waals surface area contributed by atoms with E-state index in [1.165, 1.54) is 6.07 Å². The fourth-order valence-electron chi connectivity index (χ4n) is 2.05. The van der Waals surface area contributed by atoms with Crippen molar-refractivity contribution in [2.45, 2.75) is 6.18 Å². The Bertz CT molecular complexity index is 711. The average molecular weight is 314 g/mol. The summed E-state index contributed by atoms with van der Waals surface area (Å²) < 4.78 is 38.2. The minimum Gasteiger partial charge on any atom is -0.383 e. The number of aliphatic imine (C=N–C) groups is 1. The lowest BCUT2D eigenvalue weighted by molar-refractivity contribution is -0.137. The van der Waals surface area contributed by atoms with Crippen molar-refractivity contribution in [3.63, 3.8) is 0 Å². The molecule has 2 aromatic carbocycles. The van der Waals surface area contributed by atoms with Crippen LogP contribution in [-0.2, 0) is 6.18 Å². The first-order chi connectivity index (χ1) is 9.45. The minimum absolute atomic E-state index is 0. The lowest BCUT2D eigenvalue weighted by Crippen LogP contribution is -2.15. The number of fused-ring (bicyclic) bond motifs is 2. The van der Waals surface area contributed by atoms with Crippen LogP contribution >= 0.6 is 12.4 Å². The quantitative estimate of drug-likeness (QED) is 0.765. The predicted molar refractivity (Wildman–Crippen MR) is 78.8 cm³/mol. The monoisotopic (exact) mass is 313 g/mol. The smallest absolute Gasteiger partial charge is 0.383 e. The fourth-order valence-corrected chi connectivity index (χ4v) is 2.05. The van der Waals surface area contributed by atoms with E-state index in [1.807, 2.05) is 6.07 Å². The Balaban J connectivity index is 0.00000161. The van der Waals surface area contributed by atoms with Gasteiger partial charge in [0.15, 0.2) is 0 Å². The van der Waals surface area contributed by atoms with E-state index in [1.54, 1.807) is 18.2 Å². The molecular formula is C14H11ClF3N3. The molecule has 0 aromatic heterocycles. The molecule has 110 valence electrons. The summed E-state index contributed by atoms with van der Waals surface area (Å²) in [6.45, 7) is 0. The van der Waals surface area contributed by atoms with Crippen molar-refractivity contribution in [2.24, 2.45) is 10.7 Å². The molecule has 3 rings (SSSR count). The molecule has 1 heterocycles. The molecule has 0 aliphatic carbocycles. The van der Waals surface area contributed by atoms with Crippen LogP contribution in [0.15, 0.2) is 47.5 Å². The standard InChI is InChI=1S/C14H10F3N3.ClH/c15-14(16,17)8-5-6-10-9(7-8)13(18)20-12-4-2-1-3-11(12)19-10;/h1-7,19H,(H2,18,20);1H. The number of rotatable bonds is 0. The van der Waals surface area contributed by atoms with Gasteiger partial charge in [-0.15, -0.1) is 12.4 Å². The fraction of sp³-hybridized carbons (Fsp3) is 0.0714. The summed E-state index contributed by atoms with van der Waals surface area (Å²) in [7, 11) is 0. The Morgan fingerprint density at radius 2 is 1.71 bits per heavy atom. The highest BCUT2D eigenvalue weighted by Crippen LogP contribution is 2.36. The molecule has 0 atom stereocenters. The van der Waals surface area contributed by atoms with Gasteiger partial charge >= 0.3 is 6.18 Å². The molecule has 0 saturated carbocycles. The van der Waals surface area contributed by atoms with Crippen molar-refractivity contribution in [1.29, 1.82) is 0 Å². The number of amidine groups is 1. The van der Waals surface area contributed by atoms with Gasteiger partial charge in [-0.25, -0.2) is 4.99 Å². The van der Waals surface area contributed by atoms with Crippen LogP contribution in [0.2, 0.25) is 0 Å². The lowest BCUT2D eigenvalue weighted by atomic mass is 10.1. The Morgan fingerprint density at radius 1 is 1.00 bits per heavy atom. The Hall–Kier alpha value is -2.21. The van der Waals surface area contributed by atoms with Crippen LogP contribution in [0.4, 0.5) is 30.2 Å². The largest absolute Gasteiger partial charge is 0.416 e. The van der Waals surface area contributed by atoms with E-state index >= 15 is 0 Å². The second-order valence-electron chi connectivity index (χ2n) is 4.40. The predicted octanol–water partition coefficient (Wildman–Crippen LogP) is 4.22. The van der Waals surface area contributed by atoms with E-state index < -0.39 is 11.7 Å². The van der Waals surface area contributed by atoms with Gasteiger partial charge in [-0.1, -0.05) is 12.1 Å². The van der Waals surface area contributed by atoms with Crippen molar-refractivity contribution in [1.82, 2.24) is 0 Å². The molecular weight excluding hydrogens is 303 g/mol. The normalized spacial score (nSPS) is 13.0. The third kappa shape index (κ3) is 2.80. The Labute approximate surface area is 125 Å². The summed E-state index contributed by atoms with van der Waals surface area (Å²) in [4.78, 5) is 4.17. The zero-order chi connectivity index (χ0) is 14.3. The molecule has 0 fully saturated rings. The van der Waals surface area contributed by atoms with Crippen LogP contribution in [-0.4, -0.2) is 5.84 Å². The number of nitrogens with two attached hydrogens (primary N) is 1. The minimum atomic E-state index is -4.41. The summed E-state index contributed by atoms with van der Waals surface area (Å²) >= 11 is 0. The highest BCUT2D eigenvalue weighted by Gasteiger charge is 2.31. The molecule has 3 nitrogen and oxygen atoms in total. The SMILES string of the molecule is Cl.NC1=Nc2ccccc2Nc2ccc(C(F)(F)F)cc21. The zero-order valence-corrected chi connectivity index (χ0v) is 11.4. The molecule has 0 saturated heterocycles. The number of para-hydroxylation sites is 2. The third-order valence-electron chi connectivity index (χ3n) is 3.04. The summed E-state index contributed by atoms with van der Waals surface area (Å²) in [5, 5.41) is 3.05. The number of benzene rings is 2. The number of alkyl halides is 3. The van der Waals surface area contributed by atoms with Gasteiger partial charge in [0.25, 0.3) is 0 Å². The van der Waals surface area contributed by atoms with E-state index in [-0.39, 0.29) is 23.8 Å². The van der Waals surface area contributed by atoms with Crippen LogP contribution in [0, 0.1) is 0 Å². The van der Waals surface area contributed by atoms with Gasteiger partial charge in [-0.2, -0.15) is 13.2 Å². The summed E-state index contributed by atoms with van der Waals surface area (Å²) in [5.74, 6) is 0.0588. The van der Waals surface area contributed by atoms with Crippen molar-refractivity contribution in [3.8, 4) is 0 Å². The number of nitrogens with one attached hydrogen (secondary N) is 1. The van der Waals surface area contributed by atoms with Gasteiger partial charge in [0.05, 0.1) is 16.9 Å². The molecule has 2 aromatic rings. The van der Waals surface area contributed by atoms with Gasteiger partial charge in [0, 0.05) is 11.3 Å². The average Bonchev–Trinajstić information content (AvgIpc) is 2.53. The Kier molecular flexibility index (Phi) is 3.82. The number of anilines is 2. The molecule has 0 spiro atoms. The van der Waals surface area contributed by atoms with E-state index in [0.717, 1.165) is 12.1 Å². The second-order valence-corrected chi connectivity index (χ2v) is 4.40. The van der Waals surface area contributed by atoms with Gasteiger partial charge in [0.2, 0.25) is 0 Å². The van der Waals surface area contributed by atoms with Crippen LogP contribution in [0.5, 0.6) is 0 Å². The third-order valence-corrected chi connectivity index (χ3v) is 3.04. The van der Waals surface area contributed by atoms with Gasteiger partial charge in [-0.05, 0) is 30.3 Å². The summed E-state index contributed by atoms with van der Waals surface area (Å²) in [6, 6.07) is 10.5. The van der Waals surface area contributed by atoms with E-state index in [9.17, 15) is 13.2 Å². The molecule has 0 unspecified atom stereocenters. The maximum absolute atomic E-state index is 12.7. The van der Waals surface area contributed by atoms with Gasteiger partial charge in [0.1, 0.15) is 5.84 Å². The molecule has 0 radical (unpaired) electrons. The van der Waals surface area contributed by atoms with Crippen LogP contribution in [0.1, 0.15) is 11.1 Å². The molecule has 7 heteroatoms. The maximum Gasteiger partial charge on any atom is 0.416 e. The van der Waals surface area contributed by atoms with Crippen molar-refractivity contribution in [3.05, 3.63) is 53.6 Å². The van der Waals surface area contributed by atoms with Crippen molar-refractivity contribution >= 4 is 35.3 Å². The highest BCUT2D eigenvalue weighted by atomic mass is 35.5. The van der Waals surface area contributed by atoms with E-state index in [4.69, 9.17) is 5.73 Å². The zero-order valence-electron chi connectivity index (χ0n) is 10.6. The maximum atomic E-state index is 12.7. The number of hydrogen-bond acceptors (Lipinski definition) is 3. The topological polar surface area (TPSA) is 50.4 Å². The molecule has 0 bridgehead atoms. The van der Waals surface area contributed by atoms with Gasteiger partial charge < -0.3 is 11.1 Å². The first-order valence-corrected chi connectivity index (χ1v) is 5.87. The molecule has 21 heavy (non-hydrogen) atoms. The Morgan fingerprint density at radius 3 is 2.43 bits per heavy atom.